The van der Waals surface area contributed by atoms with Crippen molar-refractivity contribution >= 4 is 28.6 Å². The first-order chi connectivity index (χ1) is 10.6. The first kappa shape index (κ1) is 14.9. The molecule has 0 saturated heterocycles. The van der Waals surface area contributed by atoms with Crippen molar-refractivity contribution in [2.75, 3.05) is 13.6 Å². The Kier molecular flexibility index (Phi) is 4.35. The van der Waals surface area contributed by atoms with Gasteiger partial charge in [-0.25, -0.2) is 9.97 Å². The second-order valence-corrected chi connectivity index (χ2v) is 6.92. The van der Waals surface area contributed by atoms with Gasteiger partial charge >= 0.3 is 0 Å². The monoisotopic (exact) mass is 333 g/mol. The molecule has 3 aromatic heterocycles. The molecule has 114 valence electrons. The van der Waals surface area contributed by atoms with Crippen molar-refractivity contribution in [2.24, 2.45) is 0 Å². The molecule has 0 aromatic carbocycles. The fraction of sp³-hybridized carbons (Fsp3) is 0.267. The second kappa shape index (κ2) is 6.41. The Bertz CT molecular complexity index is 735. The number of carbonyl (C=O) groups excluding carboxylic acids is 1. The third kappa shape index (κ3) is 3.10. The average Bonchev–Trinajstić information content (AvgIpc) is 3.26. The van der Waals surface area contributed by atoms with E-state index in [-0.39, 0.29) is 11.8 Å². The molecule has 22 heavy (non-hydrogen) atoms. The van der Waals surface area contributed by atoms with Crippen LogP contribution in [0.25, 0.3) is 10.8 Å². The third-order valence-corrected chi connectivity index (χ3v) is 5.22. The van der Waals surface area contributed by atoms with E-state index in [1.54, 1.807) is 48.0 Å². The molecular formula is C15H15N3O2S2. The van der Waals surface area contributed by atoms with E-state index in [1.165, 1.54) is 11.3 Å². The molecule has 0 spiro atoms. The van der Waals surface area contributed by atoms with Crippen molar-refractivity contribution in [3.8, 4) is 10.8 Å². The van der Waals surface area contributed by atoms with Crippen molar-refractivity contribution in [1.29, 1.82) is 0 Å². The molecule has 5 nitrogen and oxygen atoms in total. The van der Waals surface area contributed by atoms with E-state index >= 15 is 0 Å². The zero-order valence-corrected chi connectivity index (χ0v) is 13.9. The molecule has 0 aliphatic heterocycles. The number of carbonyl (C=O) groups is 1. The Labute approximate surface area is 136 Å². The van der Waals surface area contributed by atoms with Gasteiger partial charge in [-0.2, -0.15) is 0 Å². The maximum atomic E-state index is 12.5. The topological polar surface area (TPSA) is 59.2 Å². The predicted molar refractivity (Wildman–Crippen MR) is 87.3 cm³/mol. The zero-order chi connectivity index (χ0) is 15.5. The Morgan fingerprint density at radius 3 is 3.00 bits per heavy atom. The van der Waals surface area contributed by atoms with Gasteiger partial charge < -0.3 is 9.32 Å². The van der Waals surface area contributed by atoms with Crippen LogP contribution in [0.15, 0.2) is 40.6 Å². The smallest absolute Gasteiger partial charge is 0.265 e. The summed E-state index contributed by atoms with van der Waals surface area (Å²) in [6, 6.07) is 3.64. The van der Waals surface area contributed by atoms with Crippen LogP contribution in [0.4, 0.5) is 0 Å². The van der Waals surface area contributed by atoms with E-state index in [0.29, 0.717) is 17.2 Å². The molecular weight excluding hydrogens is 318 g/mol. The van der Waals surface area contributed by atoms with Crippen LogP contribution in [0.3, 0.4) is 0 Å². The van der Waals surface area contributed by atoms with Crippen molar-refractivity contribution < 1.29 is 9.21 Å². The van der Waals surface area contributed by atoms with Gasteiger partial charge in [0.2, 0.25) is 0 Å². The maximum absolute atomic E-state index is 12.5. The van der Waals surface area contributed by atoms with Gasteiger partial charge in [-0.05, 0) is 12.1 Å². The molecule has 7 heteroatoms. The Hall–Kier alpha value is -1.99. The van der Waals surface area contributed by atoms with Gasteiger partial charge in [0.25, 0.3) is 5.91 Å². The summed E-state index contributed by atoms with van der Waals surface area (Å²) in [6.07, 6.45) is 4.99. The fourth-order valence-electron chi connectivity index (χ4n) is 2.12. The van der Waals surface area contributed by atoms with Crippen LogP contribution in [0.2, 0.25) is 0 Å². The van der Waals surface area contributed by atoms with Gasteiger partial charge in [-0.3, -0.25) is 4.79 Å². The van der Waals surface area contributed by atoms with Crippen LogP contribution in [0, 0.1) is 0 Å². The zero-order valence-electron chi connectivity index (χ0n) is 12.2. The van der Waals surface area contributed by atoms with Gasteiger partial charge in [0, 0.05) is 31.1 Å². The van der Waals surface area contributed by atoms with E-state index in [9.17, 15) is 4.79 Å². The minimum Gasteiger partial charge on any atom is -0.462 e. The van der Waals surface area contributed by atoms with Gasteiger partial charge in [0.05, 0.1) is 17.5 Å². The van der Waals surface area contributed by atoms with Crippen molar-refractivity contribution in [1.82, 2.24) is 14.9 Å². The molecule has 0 N–H and O–H groups in total. The summed E-state index contributed by atoms with van der Waals surface area (Å²) in [4.78, 5) is 23.4. The molecule has 0 fully saturated rings. The largest absolute Gasteiger partial charge is 0.462 e. The van der Waals surface area contributed by atoms with E-state index in [1.807, 2.05) is 11.4 Å². The molecule has 1 atom stereocenters. The van der Waals surface area contributed by atoms with Crippen LogP contribution in [-0.2, 0) is 0 Å². The number of hydrogen-bond acceptors (Lipinski definition) is 6. The predicted octanol–water partition coefficient (Wildman–Crippen LogP) is 3.74. The van der Waals surface area contributed by atoms with Crippen LogP contribution in [-0.4, -0.2) is 34.4 Å². The summed E-state index contributed by atoms with van der Waals surface area (Å²) in [5, 5.41) is 3.71. The minimum absolute atomic E-state index is 0.0290. The maximum Gasteiger partial charge on any atom is 0.265 e. The van der Waals surface area contributed by atoms with Crippen LogP contribution >= 0.6 is 22.7 Å². The Morgan fingerprint density at radius 1 is 1.45 bits per heavy atom. The number of thiazole rings is 2. The molecule has 0 radical (unpaired) electrons. The standard InChI is InChI=1S/C15H15N3O2S2/c1-10(13-16-5-7-21-13)9-18(2)15(19)12-8-17-14(22-12)11-4-3-6-20-11/h3-8,10H,9H2,1-2H3. The number of hydrogen-bond donors (Lipinski definition) is 0. The summed E-state index contributed by atoms with van der Waals surface area (Å²) in [6.45, 7) is 2.70. The summed E-state index contributed by atoms with van der Waals surface area (Å²) in [5.41, 5.74) is 0. The van der Waals surface area contributed by atoms with E-state index in [2.05, 4.69) is 16.9 Å². The molecule has 3 aromatic rings. The number of furan rings is 1. The van der Waals surface area contributed by atoms with E-state index < -0.39 is 0 Å². The average molecular weight is 333 g/mol. The van der Waals surface area contributed by atoms with Crippen LogP contribution in [0.1, 0.15) is 27.5 Å². The first-order valence-electron chi connectivity index (χ1n) is 6.79. The van der Waals surface area contributed by atoms with Gasteiger partial charge in [0.1, 0.15) is 4.88 Å². The third-order valence-electron chi connectivity index (χ3n) is 3.22. The lowest BCUT2D eigenvalue weighted by Crippen LogP contribution is -2.29. The number of nitrogens with zero attached hydrogens (tertiary/aromatic N) is 3. The molecule has 1 unspecified atom stereocenters. The van der Waals surface area contributed by atoms with Gasteiger partial charge in [-0.15, -0.1) is 22.7 Å². The van der Waals surface area contributed by atoms with Gasteiger partial charge in [-0.1, -0.05) is 6.92 Å². The summed E-state index contributed by atoms with van der Waals surface area (Å²) in [5.74, 6) is 0.869. The number of aromatic nitrogens is 2. The normalized spacial score (nSPS) is 12.3. The van der Waals surface area contributed by atoms with Gasteiger partial charge in [0.15, 0.2) is 10.8 Å². The van der Waals surface area contributed by atoms with Crippen molar-refractivity contribution in [3.63, 3.8) is 0 Å². The number of rotatable bonds is 5. The SMILES string of the molecule is CC(CN(C)C(=O)c1cnc(-c2ccco2)s1)c1nccs1. The minimum atomic E-state index is -0.0290. The fourth-order valence-corrected chi connectivity index (χ4v) is 3.69. The second-order valence-electron chi connectivity index (χ2n) is 4.96. The lowest BCUT2D eigenvalue weighted by Gasteiger charge is -2.19. The Balaban J connectivity index is 1.68. The highest BCUT2D eigenvalue weighted by atomic mass is 32.1. The summed E-state index contributed by atoms with van der Waals surface area (Å²) >= 11 is 2.95. The number of likely N-dealkylation sites (N-methyl/N-ethyl adjacent to an activating group) is 1. The highest BCUT2D eigenvalue weighted by Gasteiger charge is 2.19. The summed E-state index contributed by atoms with van der Waals surface area (Å²) in [7, 11) is 1.80. The molecule has 0 saturated carbocycles. The van der Waals surface area contributed by atoms with E-state index in [4.69, 9.17) is 4.42 Å². The molecule has 0 aliphatic rings. The Morgan fingerprint density at radius 2 is 2.32 bits per heavy atom. The summed E-state index contributed by atoms with van der Waals surface area (Å²) < 4.78 is 5.30. The lowest BCUT2D eigenvalue weighted by molar-refractivity contribution is 0.0792. The highest BCUT2D eigenvalue weighted by molar-refractivity contribution is 7.16. The highest BCUT2D eigenvalue weighted by Crippen LogP contribution is 2.26. The lowest BCUT2D eigenvalue weighted by atomic mass is 10.2. The molecule has 3 heterocycles. The van der Waals surface area contributed by atoms with E-state index in [0.717, 1.165) is 10.0 Å². The number of amides is 1. The molecule has 0 bridgehead atoms. The molecule has 0 aliphatic carbocycles. The molecule has 3 rings (SSSR count). The van der Waals surface area contributed by atoms with Crippen LogP contribution in [0.5, 0.6) is 0 Å². The first-order valence-corrected chi connectivity index (χ1v) is 8.49. The van der Waals surface area contributed by atoms with Crippen LogP contribution < -0.4 is 0 Å². The van der Waals surface area contributed by atoms with Crippen molar-refractivity contribution in [3.05, 3.63) is 46.1 Å². The quantitative estimate of drug-likeness (QED) is 0.714. The molecule has 1 amide bonds. The van der Waals surface area contributed by atoms with Crippen molar-refractivity contribution in [2.45, 2.75) is 12.8 Å².